The van der Waals surface area contributed by atoms with Crippen LogP contribution in [-0.2, 0) is 0 Å². The van der Waals surface area contributed by atoms with E-state index in [1.807, 2.05) is 13.8 Å². The third-order valence-electron chi connectivity index (χ3n) is 2.81. The van der Waals surface area contributed by atoms with Crippen LogP contribution in [0.4, 0.5) is 4.39 Å². The normalized spacial score (nSPS) is 10.9. The number of hydrogen-bond donors (Lipinski definition) is 0. The van der Waals surface area contributed by atoms with Gasteiger partial charge in [0.25, 0.3) is 5.89 Å². The minimum atomic E-state index is -0.319. The van der Waals surface area contributed by atoms with Crippen LogP contribution in [0.5, 0.6) is 0 Å². The summed E-state index contributed by atoms with van der Waals surface area (Å²) in [6, 6.07) is 4.51. The first-order valence-electron chi connectivity index (χ1n) is 5.66. The first-order chi connectivity index (χ1) is 9.15. The molecule has 2 heterocycles. The maximum absolute atomic E-state index is 13.3. The van der Waals surface area contributed by atoms with Crippen LogP contribution in [-0.4, -0.2) is 15.1 Å². The van der Waals surface area contributed by atoms with E-state index in [-0.39, 0.29) is 5.82 Å². The smallest absolute Gasteiger partial charge is 0.270 e. The van der Waals surface area contributed by atoms with E-state index in [1.54, 1.807) is 11.6 Å². The molecule has 0 saturated heterocycles. The fourth-order valence-corrected chi connectivity index (χ4v) is 2.49. The fourth-order valence-electron chi connectivity index (χ4n) is 1.77. The van der Waals surface area contributed by atoms with E-state index in [9.17, 15) is 4.39 Å². The summed E-state index contributed by atoms with van der Waals surface area (Å²) in [5.41, 5.74) is 4.10. The Morgan fingerprint density at radius 1 is 1.26 bits per heavy atom. The monoisotopic (exact) mass is 275 g/mol. The molecular weight excluding hydrogens is 265 g/mol. The van der Waals surface area contributed by atoms with Crippen molar-refractivity contribution >= 4 is 11.3 Å². The van der Waals surface area contributed by atoms with Gasteiger partial charge < -0.3 is 4.52 Å². The number of benzene rings is 1. The van der Waals surface area contributed by atoms with E-state index < -0.39 is 0 Å². The number of thiazole rings is 1. The molecule has 0 bridgehead atoms. The Morgan fingerprint density at radius 2 is 2.11 bits per heavy atom. The van der Waals surface area contributed by atoms with Gasteiger partial charge in [0, 0.05) is 5.56 Å². The van der Waals surface area contributed by atoms with Crippen LogP contribution in [0.15, 0.2) is 28.2 Å². The van der Waals surface area contributed by atoms with Gasteiger partial charge in [-0.1, -0.05) is 11.2 Å². The molecule has 0 aliphatic heterocycles. The molecular formula is C13H10FN3OS. The molecule has 0 fully saturated rings. The Balaban J connectivity index is 2.06. The van der Waals surface area contributed by atoms with Crippen molar-refractivity contribution in [3.8, 4) is 22.2 Å². The number of halogens is 1. The molecule has 3 rings (SSSR count). The third kappa shape index (κ3) is 2.15. The lowest BCUT2D eigenvalue weighted by molar-refractivity contribution is 0.433. The molecule has 0 radical (unpaired) electrons. The number of rotatable bonds is 2. The summed E-state index contributed by atoms with van der Waals surface area (Å²) in [5.74, 6) is 0.486. The van der Waals surface area contributed by atoms with Crippen molar-refractivity contribution < 1.29 is 8.91 Å². The highest BCUT2D eigenvalue weighted by molar-refractivity contribution is 7.13. The van der Waals surface area contributed by atoms with E-state index in [2.05, 4.69) is 15.1 Å². The van der Waals surface area contributed by atoms with Gasteiger partial charge in [-0.2, -0.15) is 4.98 Å². The molecule has 0 amide bonds. The molecule has 96 valence electrons. The second kappa shape index (κ2) is 4.55. The van der Waals surface area contributed by atoms with Gasteiger partial charge in [0.2, 0.25) is 5.82 Å². The Bertz CT molecular complexity index is 735. The molecule has 3 aromatic rings. The van der Waals surface area contributed by atoms with Crippen LogP contribution in [0.2, 0.25) is 0 Å². The van der Waals surface area contributed by atoms with Crippen molar-refractivity contribution in [2.75, 3.05) is 0 Å². The number of hydrogen-bond acceptors (Lipinski definition) is 5. The Hall–Kier alpha value is -2.08. The highest BCUT2D eigenvalue weighted by Crippen LogP contribution is 2.28. The summed E-state index contributed by atoms with van der Waals surface area (Å²) in [5, 5.41) is 3.91. The van der Waals surface area contributed by atoms with E-state index in [0.717, 1.165) is 16.1 Å². The minimum absolute atomic E-state index is 0.319. The lowest BCUT2D eigenvalue weighted by atomic mass is 10.1. The highest BCUT2D eigenvalue weighted by atomic mass is 32.1. The van der Waals surface area contributed by atoms with Crippen LogP contribution in [0.1, 0.15) is 11.3 Å². The van der Waals surface area contributed by atoms with Gasteiger partial charge in [-0.25, -0.2) is 9.37 Å². The molecule has 0 spiro atoms. The Labute approximate surface area is 112 Å². The molecule has 0 unspecified atom stereocenters. The summed E-state index contributed by atoms with van der Waals surface area (Å²) in [4.78, 5) is 9.29. The summed E-state index contributed by atoms with van der Waals surface area (Å²) < 4.78 is 18.5. The van der Waals surface area contributed by atoms with E-state index in [1.165, 1.54) is 23.5 Å². The molecule has 4 nitrogen and oxygen atoms in total. The standard InChI is InChI=1S/C13H10FN3OS/c1-7-3-4-9(14)5-10(7)12-16-13(18-17-12)11-8(2)15-6-19-11/h3-6H,1-2H3. The minimum Gasteiger partial charge on any atom is -0.333 e. The molecule has 0 aliphatic rings. The van der Waals surface area contributed by atoms with E-state index in [0.29, 0.717) is 17.3 Å². The maximum Gasteiger partial charge on any atom is 0.270 e. The van der Waals surface area contributed by atoms with Gasteiger partial charge >= 0.3 is 0 Å². The third-order valence-corrected chi connectivity index (χ3v) is 3.72. The second-order valence-corrected chi connectivity index (χ2v) is 5.00. The van der Waals surface area contributed by atoms with Crippen LogP contribution in [0, 0.1) is 19.7 Å². The average molecular weight is 275 g/mol. The van der Waals surface area contributed by atoms with Gasteiger partial charge in [0.1, 0.15) is 10.7 Å². The molecule has 6 heteroatoms. The lowest BCUT2D eigenvalue weighted by Gasteiger charge is -1.99. The Kier molecular flexibility index (Phi) is 2.87. The maximum atomic E-state index is 13.3. The molecule has 0 N–H and O–H groups in total. The van der Waals surface area contributed by atoms with Crippen molar-refractivity contribution in [1.29, 1.82) is 0 Å². The summed E-state index contributed by atoms with van der Waals surface area (Å²) in [6.07, 6.45) is 0. The fraction of sp³-hybridized carbons (Fsp3) is 0.154. The van der Waals surface area contributed by atoms with Crippen molar-refractivity contribution in [3.63, 3.8) is 0 Å². The predicted molar refractivity (Wildman–Crippen MR) is 70.3 cm³/mol. The van der Waals surface area contributed by atoms with Crippen LogP contribution in [0.25, 0.3) is 22.2 Å². The molecule has 2 aromatic heterocycles. The first kappa shape index (κ1) is 12.0. The topological polar surface area (TPSA) is 51.8 Å². The molecule has 19 heavy (non-hydrogen) atoms. The first-order valence-corrected chi connectivity index (χ1v) is 6.54. The van der Waals surface area contributed by atoms with Gasteiger partial charge in [-0.15, -0.1) is 11.3 Å². The molecule has 1 aromatic carbocycles. The highest BCUT2D eigenvalue weighted by Gasteiger charge is 2.16. The number of aromatic nitrogens is 3. The van der Waals surface area contributed by atoms with Gasteiger partial charge in [0.15, 0.2) is 0 Å². The largest absolute Gasteiger partial charge is 0.333 e. The molecule has 0 saturated carbocycles. The summed E-state index contributed by atoms with van der Waals surface area (Å²) in [6.45, 7) is 3.76. The van der Waals surface area contributed by atoms with Crippen molar-refractivity contribution in [2.45, 2.75) is 13.8 Å². The zero-order valence-corrected chi connectivity index (χ0v) is 11.2. The van der Waals surface area contributed by atoms with Gasteiger partial charge in [-0.3, -0.25) is 0 Å². The summed E-state index contributed by atoms with van der Waals surface area (Å²) >= 11 is 1.44. The van der Waals surface area contributed by atoms with Crippen LogP contribution < -0.4 is 0 Å². The number of nitrogens with zero attached hydrogens (tertiary/aromatic N) is 3. The second-order valence-electron chi connectivity index (χ2n) is 4.15. The summed E-state index contributed by atoms with van der Waals surface area (Å²) in [7, 11) is 0. The Morgan fingerprint density at radius 3 is 2.84 bits per heavy atom. The van der Waals surface area contributed by atoms with Crippen LogP contribution in [0.3, 0.4) is 0 Å². The van der Waals surface area contributed by atoms with E-state index >= 15 is 0 Å². The molecule has 0 atom stereocenters. The van der Waals surface area contributed by atoms with Crippen molar-refractivity contribution in [3.05, 3.63) is 40.8 Å². The zero-order chi connectivity index (χ0) is 13.4. The van der Waals surface area contributed by atoms with Crippen molar-refractivity contribution in [1.82, 2.24) is 15.1 Å². The number of aryl methyl sites for hydroxylation is 2. The average Bonchev–Trinajstić information content (AvgIpc) is 3.00. The van der Waals surface area contributed by atoms with Crippen molar-refractivity contribution in [2.24, 2.45) is 0 Å². The predicted octanol–water partition coefficient (Wildman–Crippen LogP) is 3.62. The lowest BCUT2D eigenvalue weighted by Crippen LogP contribution is -1.87. The van der Waals surface area contributed by atoms with Gasteiger partial charge in [0.05, 0.1) is 11.2 Å². The molecule has 0 aliphatic carbocycles. The van der Waals surface area contributed by atoms with E-state index in [4.69, 9.17) is 4.52 Å². The van der Waals surface area contributed by atoms with Gasteiger partial charge in [-0.05, 0) is 31.5 Å². The van der Waals surface area contributed by atoms with Crippen LogP contribution >= 0.6 is 11.3 Å². The quantitative estimate of drug-likeness (QED) is 0.716. The zero-order valence-electron chi connectivity index (χ0n) is 10.3. The SMILES string of the molecule is Cc1ccc(F)cc1-c1noc(-c2scnc2C)n1.